The van der Waals surface area contributed by atoms with E-state index in [4.69, 9.17) is 16.3 Å². The van der Waals surface area contributed by atoms with Crippen molar-refractivity contribution < 1.29 is 17.9 Å². The summed E-state index contributed by atoms with van der Waals surface area (Å²) in [5, 5.41) is 9.97. The third-order valence-electron chi connectivity index (χ3n) is 6.09. The molecular weight excluding hydrogens is 381 g/mol. The number of hydrogen-bond acceptors (Lipinski definition) is 5. The van der Waals surface area contributed by atoms with E-state index in [0.717, 1.165) is 64.6 Å². The molecule has 3 fully saturated rings. The lowest BCUT2D eigenvalue weighted by Crippen LogP contribution is -2.32. The molecule has 3 atom stereocenters. The van der Waals surface area contributed by atoms with Gasteiger partial charge in [0.2, 0.25) is 0 Å². The molecule has 1 saturated carbocycles. The maximum atomic E-state index is 13.2. The minimum atomic E-state index is -4.50. The largest absolute Gasteiger partial charge is 0.420 e. The molecule has 27 heavy (non-hydrogen) atoms. The summed E-state index contributed by atoms with van der Waals surface area (Å²) in [5.74, 6) is 1.58. The Kier molecular flexibility index (Phi) is 5.49. The molecule has 2 saturated heterocycles. The van der Waals surface area contributed by atoms with Gasteiger partial charge < -0.3 is 15.0 Å². The molecule has 0 radical (unpaired) electrons. The SMILES string of the molecule is FC(F)(F)c1cc(Cl)nnc1N[C@H]1C[C@@H]2CN(CC3CCOCC3)C[C@@H]2C1. The molecule has 3 aliphatic rings. The van der Waals surface area contributed by atoms with Crippen LogP contribution in [0.5, 0.6) is 0 Å². The summed E-state index contributed by atoms with van der Waals surface area (Å²) in [6, 6.07) is 0.837. The fraction of sp³-hybridized carbons (Fsp3) is 0.778. The molecule has 5 nitrogen and oxygen atoms in total. The first-order chi connectivity index (χ1) is 12.9. The lowest BCUT2D eigenvalue weighted by atomic mass is 10.00. The maximum absolute atomic E-state index is 13.2. The van der Waals surface area contributed by atoms with Crippen molar-refractivity contribution in [3.8, 4) is 0 Å². The third-order valence-corrected chi connectivity index (χ3v) is 6.28. The molecule has 1 N–H and O–H groups in total. The lowest BCUT2D eigenvalue weighted by Gasteiger charge is -2.28. The van der Waals surface area contributed by atoms with Crippen molar-refractivity contribution in [2.45, 2.75) is 37.9 Å². The smallest absolute Gasteiger partial charge is 0.381 e. The minimum Gasteiger partial charge on any atom is -0.381 e. The molecule has 1 aromatic rings. The highest BCUT2D eigenvalue weighted by Crippen LogP contribution is 2.41. The predicted molar refractivity (Wildman–Crippen MR) is 95.7 cm³/mol. The molecule has 1 aliphatic carbocycles. The van der Waals surface area contributed by atoms with Gasteiger partial charge in [-0.25, -0.2) is 0 Å². The van der Waals surface area contributed by atoms with Gasteiger partial charge in [-0.3, -0.25) is 0 Å². The van der Waals surface area contributed by atoms with E-state index in [1.807, 2.05) is 0 Å². The Balaban J connectivity index is 1.33. The first-order valence-electron chi connectivity index (χ1n) is 9.55. The molecule has 2 aliphatic heterocycles. The summed E-state index contributed by atoms with van der Waals surface area (Å²) in [4.78, 5) is 2.53. The van der Waals surface area contributed by atoms with Gasteiger partial charge in [-0.1, -0.05) is 11.6 Å². The van der Waals surface area contributed by atoms with Gasteiger partial charge in [-0.2, -0.15) is 13.2 Å². The monoisotopic (exact) mass is 404 g/mol. The topological polar surface area (TPSA) is 50.3 Å². The van der Waals surface area contributed by atoms with Gasteiger partial charge in [0.25, 0.3) is 0 Å². The second-order valence-corrected chi connectivity index (χ2v) is 8.42. The highest BCUT2D eigenvalue weighted by atomic mass is 35.5. The summed E-state index contributed by atoms with van der Waals surface area (Å²) < 4.78 is 45.1. The van der Waals surface area contributed by atoms with E-state index in [1.54, 1.807) is 0 Å². The minimum absolute atomic E-state index is 0.00167. The van der Waals surface area contributed by atoms with Crippen LogP contribution >= 0.6 is 11.6 Å². The molecule has 0 aromatic carbocycles. The first-order valence-corrected chi connectivity index (χ1v) is 9.93. The van der Waals surface area contributed by atoms with E-state index in [2.05, 4.69) is 20.4 Å². The predicted octanol–water partition coefficient (Wildman–Crippen LogP) is 3.70. The molecular formula is C18H24ClF3N4O. The molecule has 0 amide bonds. The van der Waals surface area contributed by atoms with Crippen LogP contribution in [-0.2, 0) is 10.9 Å². The number of likely N-dealkylation sites (tertiary alicyclic amines) is 1. The van der Waals surface area contributed by atoms with Gasteiger partial charge in [-0.05, 0) is 49.5 Å². The number of nitrogens with zero attached hydrogens (tertiary/aromatic N) is 3. The highest BCUT2D eigenvalue weighted by molar-refractivity contribution is 6.29. The number of ether oxygens (including phenoxy) is 1. The zero-order valence-electron chi connectivity index (χ0n) is 15.0. The number of halogens is 4. The van der Waals surface area contributed by atoms with E-state index < -0.39 is 11.7 Å². The van der Waals surface area contributed by atoms with Gasteiger partial charge in [0.15, 0.2) is 11.0 Å². The Morgan fingerprint density at radius 3 is 2.44 bits per heavy atom. The summed E-state index contributed by atoms with van der Waals surface area (Å²) in [6.07, 6.45) is -0.499. The molecule has 150 valence electrons. The van der Waals surface area contributed by atoms with Crippen molar-refractivity contribution in [2.75, 3.05) is 38.2 Å². The van der Waals surface area contributed by atoms with Gasteiger partial charge in [0.1, 0.15) is 5.56 Å². The van der Waals surface area contributed by atoms with Crippen molar-refractivity contribution >= 4 is 17.4 Å². The molecule has 4 rings (SSSR count). The standard InChI is InChI=1S/C18H24ClF3N4O/c19-16-7-15(18(20,21)22)17(25-24-16)23-14-5-12-9-26(10-13(12)6-14)8-11-1-3-27-4-2-11/h7,11-14H,1-6,8-10H2,(H,23,25)/t12-,13+,14+. The maximum Gasteiger partial charge on any atom is 0.420 e. The number of anilines is 1. The fourth-order valence-corrected chi connectivity index (χ4v) is 4.99. The molecule has 0 spiro atoms. The third kappa shape index (κ3) is 4.49. The van der Waals surface area contributed by atoms with Crippen LogP contribution in [0.25, 0.3) is 0 Å². The zero-order chi connectivity index (χ0) is 19.0. The van der Waals surface area contributed by atoms with Crippen molar-refractivity contribution in [1.29, 1.82) is 0 Å². The van der Waals surface area contributed by atoms with E-state index >= 15 is 0 Å². The molecule has 9 heteroatoms. The average Bonchev–Trinajstić information content (AvgIpc) is 3.14. The summed E-state index contributed by atoms with van der Waals surface area (Å²) in [6.45, 7) is 4.93. The van der Waals surface area contributed by atoms with Crippen LogP contribution in [0.4, 0.5) is 19.0 Å². The van der Waals surface area contributed by atoms with Crippen LogP contribution in [0.3, 0.4) is 0 Å². The van der Waals surface area contributed by atoms with Gasteiger partial charge in [-0.15, -0.1) is 10.2 Å². The van der Waals surface area contributed by atoms with Crippen LogP contribution in [0.15, 0.2) is 6.07 Å². The Bertz CT molecular complexity index is 654. The van der Waals surface area contributed by atoms with Crippen molar-refractivity contribution in [3.63, 3.8) is 0 Å². The van der Waals surface area contributed by atoms with Crippen LogP contribution in [-0.4, -0.2) is 54.0 Å². The van der Waals surface area contributed by atoms with E-state index in [-0.39, 0.29) is 17.0 Å². The number of hydrogen-bond donors (Lipinski definition) is 1. The highest BCUT2D eigenvalue weighted by Gasteiger charge is 2.42. The van der Waals surface area contributed by atoms with Gasteiger partial charge in [0.05, 0.1) is 0 Å². The summed E-state index contributed by atoms with van der Waals surface area (Å²) in [5.41, 5.74) is -0.847. The van der Waals surface area contributed by atoms with Gasteiger partial charge >= 0.3 is 6.18 Å². The zero-order valence-corrected chi connectivity index (χ0v) is 15.8. The molecule has 3 heterocycles. The van der Waals surface area contributed by atoms with Crippen molar-refractivity contribution in [1.82, 2.24) is 15.1 Å². The van der Waals surface area contributed by atoms with E-state index in [0.29, 0.717) is 17.8 Å². The lowest BCUT2D eigenvalue weighted by molar-refractivity contribution is -0.137. The average molecular weight is 405 g/mol. The number of aromatic nitrogens is 2. The Morgan fingerprint density at radius 1 is 1.15 bits per heavy atom. The van der Waals surface area contributed by atoms with Crippen LogP contribution in [0, 0.1) is 17.8 Å². The van der Waals surface area contributed by atoms with Crippen LogP contribution < -0.4 is 5.32 Å². The summed E-state index contributed by atoms with van der Waals surface area (Å²) in [7, 11) is 0. The second-order valence-electron chi connectivity index (χ2n) is 8.03. The van der Waals surface area contributed by atoms with E-state index in [1.165, 1.54) is 0 Å². The molecule has 1 aromatic heterocycles. The van der Waals surface area contributed by atoms with E-state index in [9.17, 15) is 13.2 Å². The molecule has 0 unspecified atom stereocenters. The Morgan fingerprint density at radius 2 is 1.81 bits per heavy atom. The fourth-order valence-electron chi connectivity index (χ4n) is 4.84. The number of rotatable bonds is 4. The van der Waals surface area contributed by atoms with Crippen molar-refractivity contribution in [2.24, 2.45) is 17.8 Å². The number of nitrogens with one attached hydrogen (secondary N) is 1. The molecule has 0 bridgehead atoms. The number of alkyl halides is 3. The Hall–Kier alpha value is -1.12. The quantitative estimate of drug-likeness (QED) is 0.829. The van der Waals surface area contributed by atoms with Crippen LogP contribution in [0.2, 0.25) is 5.15 Å². The Labute approximate surface area is 161 Å². The summed E-state index contributed by atoms with van der Waals surface area (Å²) >= 11 is 5.60. The first kappa shape index (κ1) is 19.2. The normalized spacial score (nSPS) is 29.9. The number of fused-ring (bicyclic) bond motifs is 1. The van der Waals surface area contributed by atoms with Crippen LogP contribution in [0.1, 0.15) is 31.2 Å². The van der Waals surface area contributed by atoms with Gasteiger partial charge in [0, 0.05) is 38.9 Å². The van der Waals surface area contributed by atoms with Crippen molar-refractivity contribution in [3.05, 3.63) is 16.8 Å². The second kappa shape index (κ2) is 7.72.